The molecule has 1 N–H and O–H groups in total. The van der Waals surface area contributed by atoms with Crippen molar-refractivity contribution in [3.05, 3.63) is 0 Å². The van der Waals surface area contributed by atoms with Crippen molar-refractivity contribution in [3.63, 3.8) is 0 Å². The molecule has 16 heavy (non-hydrogen) atoms. The van der Waals surface area contributed by atoms with E-state index in [0.717, 1.165) is 5.92 Å². The Hall–Kier alpha value is -0.570. The van der Waals surface area contributed by atoms with E-state index in [-0.39, 0.29) is 6.04 Å². The smallest absolute Gasteiger partial charge is 0.320 e. The number of aliphatic carboxylic acids is 1. The molecular weight excluding hydrogens is 202 g/mol. The Balaban J connectivity index is 2.48. The van der Waals surface area contributed by atoms with Gasteiger partial charge in [-0.2, -0.15) is 0 Å². The maximum Gasteiger partial charge on any atom is 0.320 e. The van der Waals surface area contributed by atoms with Gasteiger partial charge in [-0.25, -0.2) is 0 Å². The third kappa shape index (κ3) is 3.21. The van der Waals surface area contributed by atoms with Gasteiger partial charge < -0.3 is 5.11 Å². The molecule has 3 heteroatoms. The van der Waals surface area contributed by atoms with Crippen LogP contribution >= 0.6 is 0 Å². The minimum Gasteiger partial charge on any atom is -0.480 e. The molecule has 1 aliphatic carbocycles. The largest absolute Gasteiger partial charge is 0.480 e. The first-order valence-corrected chi connectivity index (χ1v) is 6.54. The number of hydrogen-bond acceptors (Lipinski definition) is 2. The molecule has 0 aliphatic heterocycles. The fourth-order valence-corrected chi connectivity index (χ4v) is 2.85. The van der Waals surface area contributed by atoms with Crippen LogP contribution in [-0.2, 0) is 4.79 Å². The number of carbonyl (C=O) groups is 1. The summed E-state index contributed by atoms with van der Waals surface area (Å²) in [6.45, 7) is 4.20. The lowest BCUT2D eigenvalue weighted by Gasteiger charge is -2.37. The summed E-state index contributed by atoms with van der Waals surface area (Å²) in [5.74, 6) is 0.192. The number of carboxylic acids is 1. The topological polar surface area (TPSA) is 40.5 Å². The van der Waals surface area contributed by atoms with E-state index < -0.39 is 5.97 Å². The highest BCUT2D eigenvalue weighted by Crippen LogP contribution is 2.30. The molecule has 1 saturated carbocycles. The fraction of sp³-hybridized carbons (Fsp3) is 0.923. The Morgan fingerprint density at radius 2 is 1.88 bits per heavy atom. The highest BCUT2D eigenvalue weighted by atomic mass is 16.4. The number of hydrogen-bond donors (Lipinski definition) is 1. The van der Waals surface area contributed by atoms with E-state index in [1.807, 2.05) is 14.0 Å². The van der Waals surface area contributed by atoms with Crippen molar-refractivity contribution >= 4 is 5.97 Å². The minimum absolute atomic E-state index is 0.303. The van der Waals surface area contributed by atoms with Gasteiger partial charge in [0.1, 0.15) is 6.04 Å². The number of carboxylic acid groups (broad SMARTS) is 1. The van der Waals surface area contributed by atoms with Gasteiger partial charge in [0, 0.05) is 6.04 Å². The summed E-state index contributed by atoms with van der Waals surface area (Å²) in [7, 11) is 1.97. The molecule has 0 bridgehead atoms. The van der Waals surface area contributed by atoms with E-state index in [9.17, 15) is 4.79 Å². The Morgan fingerprint density at radius 1 is 1.31 bits per heavy atom. The molecule has 3 nitrogen and oxygen atoms in total. The van der Waals surface area contributed by atoms with Crippen LogP contribution in [0.25, 0.3) is 0 Å². The van der Waals surface area contributed by atoms with Gasteiger partial charge in [-0.05, 0) is 45.1 Å². The maximum atomic E-state index is 11.1. The summed E-state index contributed by atoms with van der Waals surface area (Å²) in [6, 6.07) is 0.173. The van der Waals surface area contributed by atoms with Crippen LogP contribution in [-0.4, -0.2) is 35.1 Å². The number of likely N-dealkylation sites (N-methyl/N-ethyl adjacent to an activating group) is 1. The Kier molecular flexibility index (Phi) is 5.26. The van der Waals surface area contributed by atoms with Gasteiger partial charge in [0.05, 0.1) is 0 Å². The van der Waals surface area contributed by atoms with E-state index in [4.69, 9.17) is 5.11 Å². The molecule has 0 aromatic rings. The molecule has 1 aliphatic rings. The van der Waals surface area contributed by atoms with Crippen molar-refractivity contribution in [1.82, 2.24) is 4.90 Å². The highest BCUT2D eigenvalue weighted by molar-refractivity contribution is 5.73. The molecule has 0 spiro atoms. The first-order chi connectivity index (χ1) is 7.60. The lowest BCUT2D eigenvalue weighted by atomic mass is 9.83. The van der Waals surface area contributed by atoms with Crippen LogP contribution in [0.2, 0.25) is 0 Å². The average molecular weight is 227 g/mol. The van der Waals surface area contributed by atoms with Crippen molar-refractivity contribution in [3.8, 4) is 0 Å². The van der Waals surface area contributed by atoms with Crippen LogP contribution < -0.4 is 0 Å². The van der Waals surface area contributed by atoms with Gasteiger partial charge in [-0.15, -0.1) is 0 Å². The van der Waals surface area contributed by atoms with Crippen molar-refractivity contribution in [2.75, 3.05) is 7.05 Å². The zero-order chi connectivity index (χ0) is 12.1. The average Bonchev–Trinajstić information content (AvgIpc) is 2.29. The van der Waals surface area contributed by atoms with Gasteiger partial charge in [0.25, 0.3) is 0 Å². The summed E-state index contributed by atoms with van der Waals surface area (Å²) in [6.07, 6.45) is 6.83. The Labute approximate surface area is 98.8 Å². The molecule has 0 heterocycles. The Bertz CT molecular complexity index is 222. The van der Waals surface area contributed by atoms with Crippen LogP contribution in [0.15, 0.2) is 0 Å². The van der Waals surface area contributed by atoms with E-state index in [1.54, 1.807) is 0 Å². The quantitative estimate of drug-likeness (QED) is 0.785. The highest BCUT2D eigenvalue weighted by Gasteiger charge is 2.29. The lowest BCUT2D eigenvalue weighted by Crippen LogP contribution is -2.45. The minimum atomic E-state index is -0.678. The summed E-state index contributed by atoms with van der Waals surface area (Å²) in [4.78, 5) is 13.2. The van der Waals surface area contributed by atoms with Gasteiger partial charge in [-0.1, -0.05) is 20.3 Å². The maximum absolute atomic E-state index is 11.1. The second-order valence-electron chi connectivity index (χ2n) is 5.01. The molecule has 0 saturated heterocycles. The van der Waals surface area contributed by atoms with Crippen LogP contribution in [0.1, 0.15) is 52.4 Å². The first-order valence-electron chi connectivity index (χ1n) is 6.54. The second kappa shape index (κ2) is 6.24. The monoisotopic (exact) mass is 227 g/mol. The summed E-state index contributed by atoms with van der Waals surface area (Å²) >= 11 is 0. The van der Waals surface area contributed by atoms with Crippen LogP contribution in [0.5, 0.6) is 0 Å². The molecule has 0 aromatic carbocycles. The normalized spacial score (nSPS) is 28.0. The van der Waals surface area contributed by atoms with Crippen molar-refractivity contribution < 1.29 is 9.90 Å². The molecule has 94 valence electrons. The first kappa shape index (κ1) is 13.5. The number of nitrogens with zero attached hydrogens (tertiary/aromatic N) is 1. The van der Waals surface area contributed by atoms with Crippen LogP contribution in [0.3, 0.4) is 0 Å². The van der Waals surface area contributed by atoms with Crippen LogP contribution in [0, 0.1) is 5.92 Å². The fourth-order valence-electron chi connectivity index (χ4n) is 2.85. The third-order valence-electron chi connectivity index (χ3n) is 4.13. The van der Waals surface area contributed by atoms with E-state index in [0.29, 0.717) is 12.5 Å². The standard InChI is InChI=1S/C13H25NO2/c1-4-10-6-8-11(9-7-10)14(3)12(5-2)13(15)16/h10-12H,4-9H2,1-3H3,(H,15,16). The number of rotatable bonds is 5. The predicted molar refractivity (Wildman–Crippen MR) is 65.5 cm³/mol. The molecule has 1 fully saturated rings. The molecule has 1 unspecified atom stereocenters. The van der Waals surface area contributed by atoms with E-state index in [2.05, 4.69) is 11.8 Å². The summed E-state index contributed by atoms with van der Waals surface area (Å²) in [5, 5.41) is 9.13. The van der Waals surface area contributed by atoms with E-state index in [1.165, 1.54) is 32.1 Å². The SMILES string of the molecule is CCC1CCC(N(C)C(CC)C(=O)O)CC1. The molecule has 1 rings (SSSR count). The zero-order valence-corrected chi connectivity index (χ0v) is 10.8. The summed E-state index contributed by atoms with van der Waals surface area (Å²) in [5.41, 5.74) is 0. The van der Waals surface area contributed by atoms with Crippen LogP contribution in [0.4, 0.5) is 0 Å². The van der Waals surface area contributed by atoms with E-state index >= 15 is 0 Å². The second-order valence-corrected chi connectivity index (χ2v) is 5.01. The summed E-state index contributed by atoms with van der Waals surface area (Å²) < 4.78 is 0. The lowest BCUT2D eigenvalue weighted by molar-refractivity contribution is -0.144. The zero-order valence-electron chi connectivity index (χ0n) is 10.8. The molecule has 0 amide bonds. The van der Waals surface area contributed by atoms with Gasteiger partial charge in [0.2, 0.25) is 0 Å². The third-order valence-corrected chi connectivity index (χ3v) is 4.13. The molecule has 0 aromatic heterocycles. The van der Waals surface area contributed by atoms with Gasteiger partial charge >= 0.3 is 5.97 Å². The van der Waals surface area contributed by atoms with Gasteiger partial charge in [-0.3, -0.25) is 9.69 Å². The predicted octanol–water partition coefficient (Wildman–Crippen LogP) is 2.75. The Morgan fingerprint density at radius 3 is 2.25 bits per heavy atom. The molecular formula is C13H25NO2. The van der Waals surface area contributed by atoms with Crippen molar-refractivity contribution in [2.24, 2.45) is 5.92 Å². The molecule has 1 atom stereocenters. The van der Waals surface area contributed by atoms with Crippen molar-refractivity contribution in [2.45, 2.75) is 64.5 Å². The van der Waals surface area contributed by atoms with Crippen molar-refractivity contribution in [1.29, 1.82) is 0 Å². The van der Waals surface area contributed by atoms with Gasteiger partial charge in [0.15, 0.2) is 0 Å². The molecule has 0 radical (unpaired) electrons.